The van der Waals surface area contributed by atoms with Gasteiger partial charge in [-0.25, -0.2) is 4.98 Å². The Kier molecular flexibility index (Phi) is 11.3. The summed E-state index contributed by atoms with van der Waals surface area (Å²) in [5, 5.41) is 5.88. The number of aromatic nitrogens is 2. The first kappa shape index (κ1) is 32.3. The number of nitrogens with one attached hydrogen (secondary N) is 2. The van der Waals surface area contributed by atoms with Crippen LogP contribution >= 0.6 is 35.6 Å². The Labute approximate surface area is 259 Å². The highest BCUT2D eigenvalue weighted by Gasteiger charge is 2.19. The molecule has 9 nitrogen and oxygen atoms in total. The minimum Gasteiger partial charge on any atom is -0.486 e. The molecule has 0 saturated heterocycles. The third kappa shape index (κ3) is 8.19. The predicted octanol–water partition coefficient (Wildman–Crippen LogP) is 6.00. The summed E-state index contributed by atoms with van der Waals surface area (Å²) in [5.74, 6) is -0.470. The van der Waals surface area contributed by atoms with Gasteiger partial charge in [0.1, 0.15) is 17.9 Å². The molecule has 0 bridgehead atoms. The van der Waals surface area contributed by atoms with Gasteiger partial charge in [0, 0.05) is 42.5 Å². The van der Waals surface area contributed by atoms with Gasteiger partial charge in [0.2, 0.25) is 17.7 Å². The van der Waals surface area contributed by atoms with Gasteiger partial charge in [0.15, 0.2) is 0 Å². The third-order valence-electron chi connectivity index (χ3n) is 6.00. The van der Waals surface area contributed by atoms with Gasteiger partial charge in [0.25, 0.3) is 0 Å². The number of nitrogens with zero attached hydrogens (tertiary/aromatic N) is 3. The average Bonchev–Trinajstić information content (AvgIpc) is 2.95. The monoisotopic (exact) mass is 627 g/mol. The van der Waals surface area contributed by atoms with Crippen LogP contribution in [0.5, 0.6) is 5.75 Å². The zero-order valence-corrected chi connectivity index (χ0v) is 25.3. The first-order chi connectivity index (χ1) is 19.6. The molecule has 42 heavy (non-hydrogen) atoms. The largest absolute Gasteiger partial charge is 0.486 e. The normalized spacial score (nSPS) is 10.7. The molecule has 4 rings (SSSR count). The van der Waals surface area contributed by atoms with Crippen LogP contribution in [-0.4, -0.2) is 41.3 Å². The fourth-order valence-electron chi connectivity index (χ4n) is 3.87. The highest BCUT2D eigenvalue weighted by atomic mass is 35.5. The second kappa shape index (κ2) is 14.6. The first-order valence-electron chi connectivity index (χ1n) is 12.5. The molecule has 1 heterocycles. The molecule has 0 atom stereocenters. The number of amides is 3. The second-order valence-corrected chi connectivity index (χ2v) is 9.88. The van der Waals surface area contributed by atoms with E-state index in [1.54, 1.807) is 61.8 Å². The molecule has 0 aliphatic heterocycles. The van der Waals surface area contributed by atoms with Crippen LogP contribution in [-0.2, 0) is 21.0 Å². The van der Waals surface area contributed by atoms with Crippen LogP contribution in [0, 0.1) is 6.92 Å². The molecule has 0 spiro atoms. The third-order valence-corrected chi connectivity index (χ3v) is 6.78. The molecule has 12 heteroatoms. The number of anilines is 2. The molecular formula is C30H28Cl3N5O4. The lowest BCUT2D eigenvalue weighted by atomic mass is 10.2. The van der Waals surface area contributed by atoms with Crippen LogP contribution in [0.4, 0.5) is 11.4 Å². The minimum atomic E-state index is -0.442. The van der Waals surface area contributed by atoms with Gasteiger partial charge < -0.3 is 20.3 Å². The number of rotatable bonds is 9. The number of hydrogen-bond acceptors (Lipinski definition) is 6. The second-order valence-electron chi connectivity index (χ2n) is 9.09. The number of halogens is 3. The number of likely N-dealkylation sites (N-methyl/N-ethyl adjacent to an activating group) is 1. The van der Waals surface area contributed by atoms with Crippen molar-refractivity contribution >= 4 is 81.8 Å². The van der Waals surface area contributed by atoms with E-state index >= 15 is 0 Å². The number of carbonyl (C=O) groups is 3. The van der Waals surface area contributed by atoms with Crippen LogP contribution in [0.2, 0.25) is 10.0 Å². The summed E-state index contributed by atoms with van der Waals surface area (Å²) < 4.78 is 6.02. The molecule has 3 amide bonds. The molecule has 0 fully saturated rings. The summed E-state index contributed by atoms with van der Waals surface area (Å²) in [6.45, 7) is 3.06. The fourth-order valence-corrected chi connectivity index (χ4v) is 4.47. The maximum absolute atomic E-state index is 12.9. The number of ether oxygens (including phenoxy) is 1. The Hall–Kier alpha value is -4.18. The lowest BCUT2D eigenvalue weighted by Gasteiger charge is -2.21. The topological polar surface area (TPSA) is 114 Å². The number of benzene rings is 3. The van der Waals surface area contributed by atoms with Crippen LogP contribution in [0.1, 0.15) is 23.7 Å². The van der Waals surface area contributed by atoms with E-state index < -0.39 is 5.91 Å². The van der Waals surface area contributed by atoms with Gasteiger partial charge in [-0.3, -0.25) is 19.4 Å². The van der Waals surface area contributed by atoms with E-state index in [0.717, 1.165) is 11.3 Å². The van der Waals surface area contributed by atoms with Crippen molar-refractivity contribution in [2.75, 3.05) is 23.8 Å². The zero-order valence-electron chi connectivity index (χ0n) is 23.0. The summed E-state index contributed by atoms with van der Waals surface area (Å²) >= 11 is 13.1. The Bertz CT molecular complexity index is 1640. The van der Waals surface area contributed by atoms with Gasteiger partial charge in [-0.2, -0.15) is 0 Å². The fraction of sp³-hybridized carbons (Fsp3) is 0.167. The quantitative estimate of drug-likeness (QED) is 0.220. The van der Waals surface area contributed by atoms with Crippen molar-refractivity contribution in [2.45, 2.75) is 20.5 Å². The van der Waals surface area contributed by atoms with E-state index in [1.165, 1.54) is 17.9 Å². The molecule has 0 saturated carbocycles. The van der Waals surface area contributed by atoms with Gasteiger partial charge in [-0.1, -0.05) is 41.4 Å². The van der Waals surface area contributed by atoms with Crippen LogP contribution in [0.15, 0.2) is 66.9 Å². The molecule has 0 unspecified atom stereocenters. The van der Waals surface area contributed by atoms with E-state index in [4.69, 9.17) is 27.9 Å². The van der Waals surface area contributed by atoms with E-state index in [2.05, 4.69) is 20.6 Å². The molecule has 0 aliphatic rings. The molecule has 1 aromatic heterocycles. The maximum atomic E-state index is 12.9. The summed E-state index contributed by atoms with van der Waals surface area (Å²) in [7, 11) is 1.56. The predicted molar refractivity (Wildman–Crippen MR) is 169 cm³/mol. The average molecular weight is 629 g/mol. The van der Waals surface area contributed by atoms with Gasteiger partial charge in [-0.15, -0.1) is 12.4 Å². The summed E-state index contributed by atoms with van der Waals surface area (Å²) in [5.41, 5.74) is 4.40. The SMILES string of the molecule is CC(=O)Nc1ccc(C=CC(=O)NCC(=O)N(C)c2ccc(Cl)c(COc3cccc4ncc(C)nc34)c2Cl)cc1.Cl. The van der Waals surface area contributed by atoms with Gasteiger partial charge in [-0.05, 0) is 55.0 Å². The van der Waals surface area contributed by atoms with Crippen LogP contribution < -0.4 is 20.3 Å². The Morgan fingerprint density at radius 2 is 1.79 bits per heavy atom. The van der Waals surface area contributed by atoms with Crippen molar-refractivity contribution in [2.24, 2.45) is 0 Å². The Morgan fingerprint density at radius 1 is 1.05 bits per heavy atom. The Morgan fingerprint density at radius 3 is 2.50 bits per heavy atom. The van der Waals surface area contributed by atoms with Crippen molar-refractivity contribution < 1.29 is 19.1 Å². The molecule has 0 radical (unpaired) electrons. The van der Waals surface area contributed by atoms with E-state index in [9.17, 15) is 14.4 Å². The molecular weight excluding hydrogens is 601 g/mol. The number of fused-ring (bicyclic) bond motifs is 1. The Balaban J connectivity index is 0.00000484. The lowest BCUT2D eigenvalue weighted by Crippen LogP contribution is -2.37. The molecule has 2 N–H and O–H groups in total. The van der Waals surface area contributed by atoms with Crippen molar-refractivity contribution in [1.82, 2.24) is 15.3 Å². The van der Waals surface area contributed by atoms with Crippen molar-refractivity contribution in [3.8, 4) is 5.75 Å². The standard InChI is InChI=1S/C30H27Cl2N5O4.ClH/c1-18-15-33-24-5-4-6-26(30(24)35-18)41-17-22-23(31)12-13-25(29(22)32)37(3)28(40)16-34-27(39)14-9-20-7-10-21(11-8-20)36-19(2)38;/h4-15H,16-17H2,1-3H3,(H,34,39)(H,36,38);1H. The molecule has 4 aromatic rings. The van der Waals surface area contributed by atoms with Gasteiger partial charge >= 0.3 is 0 Å². The summed E-state index contributed by atoms with van der Waals surface area (Å²) in [4.78, 5) is 46.5. The zero-order chi connectivity index (χ0) is 29.5. The first-order valence-corrected chi connectivity index (χ1v) is 13.3. The number of para-hydroxylation sites is 1. The summed E-state index contributed by atoms with van der Waals surface area (Å²) in [6.07, 6.45) is 4.61. The highest BCUT2D eigenvalue weighted by molar-refractivity contribution is 6.38. The van der Waals surface area contributed by atoms with Gasteiger partial charge in [0.05, 0.1) is 28.5 Å². The molecule has 3 aromatic carbocycles. The number of hydrogen-bond donors (Lipinski definition) is 2. The molecule has 0 aliphatic carbocycles. The number of aryl methyl sites for hydroxylation is 1. The van der Waals surface area contributed by atoms with Crippen molar-refractivity contribution in [3.63, 3.8) is 0 Å². The maximum Gasteiger partial charge on any atom is 0.246 e. The summed E-state index contributed by atoms with van der Waals surface area (Å²) in [6, 6.07) is 15.7. The smallest absolute Gasteiger partial charge is 0.246 e. The minimum absolute atomic E-state index is 0. The van der Waals surface area contributed by atoms with Crippen molar-refractivity contribution in [1.29, 1.82) is 0 Å². The highest BCUT2D eigenvalue weighted by Crippen LogP contribution is 2.35. The lowest BCUT2D eigenvalue weighted by molar-refractivity contribution is -0.122. The van der Waals surface area contributed by atoms with E-state index in [-0.39, 0.29) is 42.4 Å². The van der Waals surface area contributed by atoms with Crippen molar-refractivity contribution in [3.05, 3.63) is 93.7 Å². The van der Waals surface area contributed by atoms with E-state index in [0.29, 0.717) is 38.7 Å². The number of carbonyl (C=O) groups excluding carboxylic acids is 3. The van der Waals surface area contributed by atoms with E-state index in [1.807, 2.05) is 19.1 Å². The van der Waals surface area contributed by atoms with Crippen LogP contribution in [0.3, 0.4) is 0 Å². The molecule has 218 valence electrons. The van der Waals surface area contributed by atoms with Crippen LogP contribution in [0.25, 0.3) is 17.1 Å².